The van der Waals surface area contributed by atoms with Crippen LogP contribution in [0.15, 0.2) is 22.7 Å². The molecule has 0 saturated carbocycles. The minimum Gasteiger partial charge on any atom is -0.354 e. The molecule has 1 atom stereocenters. The first-order valence-corrected chi connectivity index (χ1v) is 7.62. The minimum absolute atomic E-state index is 0.100. The van der Waals surface area contributed by atoms with E-state index in [2.05, 4.69) is 45.3 Å². The van der Waals surface area contributed by atoms with Crippen molar-refractivity contribution in [3.05, 3.63) is 38.3 Å². The second-order valence-electron chi connectivity index (χ2n) is 3.89. The van der Waals surface area contributed by atoms with Gasteiger partial charge >= 0.3 is 0 Å². The fourth-order valence-electron chi connectivity index (χ4n) is 1.57. The van der Waals surface area contributed by atoms with Gasteiger partial charge in [-0.05, 0) is 31.0 Å². The van der Waals surface area contributed by atoms with Gasteiger partial charge in [0.15, 0.2) is 0 Å². The molecule has 1 N–H and O–H groups in total. The van der Waals surface area contributed by atoms with E-state index in [-0.39, 0.29) is 6.04 Å². The van der Waals surface area contributed by atoms with Crippen LogP contribution in [0, 0.1) is 0 Å². The summed E-state index contributed by atoms with van der Waals surface area (Å²) < 4.78 is 0.979. The molecule has 1 heterocycles. The first-order valence-electron chi connectivity index (χ1n) is 5.64. The van der Waals surface area contributed by atoms with Crippen LogP contribution in [0.2, 0.25) is 5.02 Å². The fraction of sp³-hybridized carbons (Fsp3) is 0.333. The largest absolute Gasteiger partial charge is 0.354 e. The van der Waals surface area contributed by atoms with E-state index in [4.69, 9.17) is 11.6 Å². The van der Waals surface area contributed by atoms with E-state index in [1.165, 1.54) is 0 Å². The molecule has 0 amide bonds. The van der Waals surface area contributed by atoms with E-state index < -0.39 is 0 Å². The lowest BCUT2D eigenvalue weighted by atomic mass is 10.1. The summed E-state index contributed by atoms with van der Waals surface area (Å²) in [6.45, 7) is 4.13. The second-order valence-corrected chi connectivity index (χ2v) is 6.27. The smallest absolute Gasteiger partial charge is 0.206 e. The summed E-state index contributed by atoms with van der Waals surface area (Å²) in [5, 5.41) is 14.1. The maximum atomic E-state index is 6.22. The first-order chi connectivity index (χ1) is 8.60. The summed E-state index contributed by atoms with van der Waals surface area (Å²) in [4.78, 5) is 0. The highest BCUT2D eigenvalue weighted by Crippen LogP contribution is 2.29. The van der Waals surface area contributed by atoms with Crippen LogP contribution < -0.4 is 5.32 Å². The summed E-state index contributed by atoms with van der Waals surface area (Å²) in [6.07, 6.45) is 0.909. The number of rotatable bonds is 4. The van der Waals surface area contributed by atoms with E-state index in [1.54, 1.807) is 11.3 Å². The Hall–Kier alpha value is -0.650. The first kappa shape index (κ1) is 13.8. The van der Waals surface area contributed by atoms with Crippen LogP contribution >= 0.6 is 38.9 Å². The summed E-state index contributed by atoms with van der Waals surface area (Å²) in [6, 6.07) is 5.98. The predicted octanol–water partition coefficient (Wildman–Crippen LogP) is 4.69. The van der Waals surface area contributed by atoms with Gasteiger partial charge in [0.05, 0.1) is 6.04 Å². The van der Waals surface area contributed by atoms with Crippen LogP contribution in [0.1, 0.15) is 30.5 Å². The van der Waals surface area contributed by atoms with E-state index in [0.717, 1.165) is 31.6 Å². The number of benzene rings is 1. The molecule has 0 spiro atoms. The Labute approximate surface area is 124 Å². The van der Waals surface area contributed by atoms with Crippen molar-refractivity contribution in [2.45, 2.75) is 26.3 Å². The van der Waals surface area contributed by atoms with Crippen LogP contribution in [0.4, 0.5) is 5.13 Å². The van der Waals surface area contributed by atoms with Crippen LogP contribution in [0.3, 0.4) is 0 Å². The predicted molar refractivity (Wildman–Crippen MR) is 80.5 cm³/mol. The van der Waals surface area contributed by atoms with E-state index >= 15 is 0 Å². The molecule has 0 aliphatic carbocycles. The molecule has 0 fully saturated rings. The fourth-order valence-corrected chi connectivity index (χ4v) is 3.17. The molecule has 96 valence electrons. The third-order valence-electron chi connectivity index (χ3n) is 2.54. The Morgan fingerprint density at radius 1 is 1.44 bits per heavy atom. The quantitative estimate of drug-likeness (QED) is 0.872. The SMILES string of the molecule is CCc1nnc(NC(C)c2ccc(Br)cc2Cl)s1. The number of aromatic nitrogens is 2. The van der Waals surface area contributed by atoms with Gasteiger partial charge in [-0.15, -0.1) is 10.2 Å². The van der Waals surface area contributed by atoms with Crippen LogP contribution in [0.25, 0.3) is 0 Å². The number of nitrogens with zero attached hydrogens (tertiary/aromatic N) is 2. The van der Waals surface area contributed by atoms with E-state index in [1.807, 2.05) is 18.2 Å². The average molecular weight is 347 g/mol. The molecule has 0 aliphatic rings. The third-order valence-corrected chi connectivity index (χ3v) is 4.36. The van der Waals surface area contributed by atoms with Gasteiger partial charge in [-0.1, -0.05) is 51.9 Å². The zero-order chi connectivity index (χ0) is 13.1. The number of hydrogen-bond acceptors (Lipinski definition) is 4. The van der Waals surface area contributed by atoms with Crippen molar-refractivity contribution in [1.29, 1.82) is 0 Å². The lowest BCUT2D eigenvalue weighted by molar-refractivity contribution is 0.870. The average Bonchev–Trinajstić information content (AvgIpc) is 2.76. The summed E-state index contributed by atoms with van der Waals surface area (Å²) in [5.74, 6) is 0. The Morgan fingerprint density at radius 3 is 2.83 bits per heavy atom. The van der Waals surface area contributed by atoms with Gasteiger partial charge in [0, 0.05) is 9.50 Å². The van der Waals surface area contributed by atoms with Crippen molar-refractivity contribution < 1.29 is 0 Å². The topological polar surface area (TPSA) is 37.8 Å². The van der Waals surface area contributed by atoms with Crippen molar-refractivity contribution in [3.8, 4) is 0 Å². The van der Waals surface area contributed by atoms with Gasteiger partial charge in [0.2, 0.25) is 5.13 Å². The van der Waals surface area contributed by atoms with Crippen LogP contribution in [-0.2, 0) is 6.42 Å². The van der Waals surface area contributed by atoms with Crippen LogP contribution in [0.5, 0.6) is 0 Å². The molecule has 1 unspecified atom stereocenters. The van der Waals surface area contributed by atoms with Crippen molar-refractivity contribution in [3.63, 3.8) is 0 Å². The molecule has 0 radical (unpaired) electrons. The molecule has 2 rings (SSSR count). The van der Waals surface area contributed by atoms with Crippen molar-refractivity contribution in [2.24, 2.45) is 0 Å². The highest BCUT2D eigenvalue weighted by Gasteiger charge is 2.12. The van der Waals surface area contributed by atoms with Gasteiger partial charge in [-0.2, -0.15) is 0 Å². The summed E-state index contributed by atoms with van der Waals surface area (Å²) >= 11 is 11.2. The lowest BCUT2D eigenvalue weighted by Gasteiger charge is -2.14. The molecule has 18 heavy (non-hydrogen) atoms. The second kappa shape index (κ2) is 5.99. The zero-order valence-electron chi connectivity index (χ0n) is 10.1. The molecule has 3 nitrogen and oxygen atoms in total. The Kier molecular flexibility index (Phi) is 4.59. The van der Waals surface area contributed by atoms with Gasteiger partial charge in [-0.3, -0.25) is 0 Å². The van der Waals surface area contributed by atoms with Crippen molar-refractivity contribution in [1.82, 2.24) is 10.2 Å². The van der Waals surface area contributed by atoms with Crippen molar-refractivity contribution in [2.75, 3.05) is 5.32 Å². The number of hydrogen-bond donors (Lipinski definition) is 1. The van der Waals surface area contributed by atoms with Gasteiger partial charge in [0.1, 0.15) is 5.01 Å². The maximum Gasteiger partial charge on any atom is 0.206 e. The Morgan fingerprint density at radius 2 is 2.22 bits per heavy atom. The summed E-state index contributed by atoms with van der Waals surface area (Å²) in [7, 11) is 0. The molecule has 0 bridgehead atoms. The Bertz CT molecular complexity index is 544. The number of nitrogens with one attached hydrogen (secondary N) is 1. The molecule has 0 saturated heterocycles. The zero-order valence-corrected chi connectivity index (χ0v) is 13.2. The minimum atomic E-state index is 0.100. The number of aryl methyl sites for hydroxylation is 1. The van der Waals surface area contributed by atoms with Gasteiger partial charge in [0.25, 0.3) is 0 Å². The standard InChI is InChI=1S/C12H13BrClN3S/c1-3-11-16-17-12(18-11)15-7(2)9-5-4-8(13)6-10(9)14/h4-7H,3H2,1-2H3,(H,15,17). The van der Waals surface area contributed by atoms with Crippen molar-refractivity contribution >= 4 is 44.0 Å². The number of anilines is 1. The maximum absolute atomic E-state index is 6.22. The molecule has 6 heteroatoms. The molecule has 1 aromatic carbocycles. The number of halogens is 2. The molecule has 0 aliphatic heterocycles. The highest BCUT2D eigenvalue weighted by atomic mass is 79.9. The Balaban J connectivity index is 2.13. The van der Waals surface area contributed by atoms with Gasteiger partial charge < -0.3 is 5.32 Å². The molecule has 1 aromatic heterocycles. The lowest BCUT2D eigenvalue weighted by Crippen LogP contribution is -2.06. The highest BCUT2D eigenvalue weighted by molar-refractivity contribution is 9.10. The van der Waals surface area contributed by atoms with E-state index in [9.17, 15) is 0 Å². The van der Waals surface area contributed by atoms with Crippen LogP contribution in [-0.4, -0.2) is 10.2 Å². The summed E-state index contributed by atoms with van der Waals surface area (Å²) in [5.41, 5.74) is 1.05. The molecular weight excluding hydrogens is 334 g/mol. The molecular formula is C12H13BrClN3S. The third kappa shape index (κ3) is 3.22. The molecule has 2 aromatic rings. The monoisotopic (exact) mass is 345 g/mol. The van der Waals surface area contributed by atoms with Gasteiger partial charge in [-0.25, -0.2) is 0 Å². The normalized spacial score (nSPS) is 12.4. The van der Waals surface area contributed by atoms with E-state index in [0.29, 0.717) is 0 Å².